The highest BCUT2D eigenvalue weighted by molar-refractivity contribution is 6.70. The zero-order valence-corrected chi connectivity index (χ0v) is 19.0. The third-order valence-electron chi connectivity index (χ3n) is 5.37. The number of benzene rings is 1. The van der Waals surface area contributed by atoms with Crippen molar-refractivity contribution in [2.45, 2.75) is 89.9 Å². The first-order valence-electron chi connectivity index (χ1n) is 10.6. The van der Waals surface area contributed by atoms with Crippen molar-refractivity contribution in [3.05, 3.63) is 48.0 Å². The lowest BCUT2D eigenvalue weighted by atomic mass is 10.1. The predicted molar refractivity (Wildman–Crippen MR) is 115 cm³/mol. The normalized spacial score (nSPS) is 23.0. The van der Waals surface area contributed by atoms with Crippen LogP contribution in [0.1, 0.15) is 59.4 Å². The van der Waals surface area contributed by atoms with Gasteiger partial charge in [-0.05, 0) is 23.1 Å². The van der Waals surface area contributed by atoms with Gasteiger partial charge in [0, 0.05) is 0 Å². The molecule has 0 saturated heterocycles. The van der Waals surface area contributed by atoms with Gasteiger partial charge in [0.15, 0.2) is 6.29 Å². The fourth-order valence-electron chi connectivity index (χ4n) is 3.72. The molecule has 0 bridgehead atoms. The van der Waals surface area contributed by atoms with Crippen LogP contribution in [0.4, 0.5) is 0 Å². The molecule has 0 fully saturated rings. The first kappa shape index (κ1) is 23.0. The van der Waals surface area contributed by atoms with Crippen LogP contribution in [0.5, 0.6) is 0 Å². The molecule has 0 aliphatic carbocycles. The highest BCUT2D eigenvalue weighted by atomic mass is 28.4. The van der Waals surface area contributed by atoms with Crippen molar-refractivity contribution < 1.29 is 18.4 Å². The van der Waals surface area contributed by atoms with Crippen molar-refractivity contribution in [1.82, 2.24) is 0 Å². The number of aldehydes is 1. The molecule has 4 nitrogen and oxygen atoms in total. The van der Waals surface area contributed by atoms with E-state index in [1.165, 1.54) is 0 Å². The molecule has 0 unspecified atom stereocenters. The molecular formula is C23H36O4Si. The number of carbonyl (C=O) groups excluding carboxylic acids is 1. The van der Waals surface area contributed by atoms with Crippen LogP contribution in [-0.4, -0.2) is 33.2 Å². The van der Waals surface area contributed by atoms with Crippen LogP contribution < -0.4 is 0 Å². The van der Waals surface area contributed by atoms with Gasteiger partial charge in [-0.3, -0.25) is 0 Å². The number of unbranched alkanes of at least 4 members (excludes halogenated alkanes) is 1. The predicted octanol–water partition coefficient (Wildman–Crippen LogP) is 5.56. The number of carbonyl (C=O) groups is 1. The summed E-state index contributed by atoms with van der Waals surface area (Å²) in [6.45, 7) is 11.3. The van der Waals surface area contributed by atoms with E-state index < -0.39 is 20.8 Å². The summed E-state index contributed by atoms with van der Waals surface area (Å²) in [6, 6.07) is 9.90. The van der Waals surface area contributed by atoms with Crippen molar-refractivity contribution in [1.29, 1.82) is 0 Å². The lowest BCUT2D eigenvalue weighted by molar-refractivity contribution is -0.124. The topological polar surface area (TPSA) is 44.8 Å². The molecule has 2 rings (SSSR count). The van der Waals surface area contributed by atoms with Gasteiger partial charge in [-0.1, -0.05) is 89.9 Å². The number of ether oxygens (including phenoxy) is 1. The Morgan fingerprint density at radius 1 is 1.07 bits per heavy atom. The van der Waals surface area contributed by atoms with Crippen LogP contribution >= 0.6 is 0 Å². The second kappa shape index (κ2) is 11.1. The lowest BCUT2D eigenvalue weighted by Crippen LogP contribution is -2.53. The summed E-state index contributed by atoms with van der Waals surface area (Å²) < 4.78 is 19.3. The molecule has 1 aromatic rings. The smallest absolute Gasteiger partial charge is 0.344 e. The van der Waals surface area contributed by atoms with Gasteiger partial charge in [-0.2, -0.15) is 0 Å². The van der Waals surface area contributed by atoms with Crippen molar-refractivity contribution in [2.24, 2.45) is 0 Å². The Morgan fingerprint density at radius 3 is 2.32 bits per heavy atom. The van der Waals surface area contributed by atoms with Gasteiger partial charge in [0.25, 0.3) is 0 Å². The molecule has 0 amide bonds. The highest BCUT2D eigenvalue weighted by Crippen LogP contribution is 2.39. The largest absolute Gasteiger partial charge is 0.387 e. The molecule has 0 saturated carbocycles. The van der Waals surface area contributed by atoms with Gasteiger partial charge < -0.3 is 18.4 Å². The lowest BCUT2D eigenvalue weighted by Gasteiger charge is -2.40. The SMILES string of the molecule is CCCC[C@H]1C=C[C@@H]([C@H](C=O)OCc2ccccc2)O[Si](C(C)C)(C(C)C)O1. The van der Waals surface area contributed by atoms with E-state index >= 15 is 0 Å². The summed E-state index contributed by atoms with van der Waals surface area (Å²) in [5, 5.41) is 0. The molecule has 0 aromatic heterocycles. The molecule has 28 heavy (non-hydrogen) atoms. The first-order valence-corrected chi connectivity index (χ1v) is 12.5. The summed E-state index contributed by atoms with van der Waals surface area (Å²) in [7, 11) is -2.55. The van der Waals surface area contributed by atoms with E-state index in [1.807, 2.05) is 36.4 Å². The third-order valence-corrected chi connectivity index (χ3v) is 9.90. The number of hydrogen-bond donors (Lipinski definition) is 0. The van der Waals surface area contributed by atoms with E-state index in [-0.39, 0.29) is 17.2 Å². The van der Waals surface area contributed by atoms with Crippen LogP contribution in [0.15, 0.2) is 42.5 Å². The second-order valence-corrected chi connectivity index (χ2v) is 12.4. The Balaban J connectivity index is 2.22. The van der Waals surface area contributed by atoms with Gasteiger partial charge in [0.1, 0.15) is 6.10 Å². The third kappa shape index (κ3) is 5.86. The Hall–Kier alpha value is -1.27. The molecule has 1 aliphatic rings. The van der Waals surface area contributed by atoms with Crippen LogP contribution in [-0.2, 0) is 25.0 Å². The Morgan fingerprint density at radius 2 is 1.75 bits per heavy atom. The van der Waals surface area contributed by atoms with Crippen molar-refractivity contribution in [3.8, 4) is 0 Å². The summed E-state index contributed by atoms with van der Waals surface area (Å²) in [5.74, 6) is 0. The molecule has 3 atom stereocenters. The maximum Gasteiger partial charge on any atom is 0.344 e. The number of hydrogen-bond acceptors (Lipinski definition) is 4. The quantitative estimate of drug-likeness (QED) is 0.291. The molecule has 0 N–H and O–H groups in total. The van der Waals surface area contributed by atoms with E-state index in [2.05, 4.69) is 40.7 Å². The molecule has 1 aliphatic heterocycles. The summed E-state index contributed by atoms with van der Waals surface area (Å²) in [6.07, 6.45) is 7.15. The van der Waals surface area contributed by atoms with Crippen molar-refractivity contribution in [2.75, 3.05) is 0 Å². The molecular weight excluding hydrogens is 368 g/mol. The summed E-state index contributed by atoms with van der Waals surface area (Å²) in [4.78, 5) is 11.9. The van der Waals surface area contributed by atoms with Crippen LogP contribution in [0.3, 0.4) is 0 Å². The molecule has 0 radical (unpaired) electrons. The Kier molecular flexibility index (Phi) is 9.08. The molecule has 5 heteroatoms. The minimum absolute atomic E-state index is 0.0443. The molecule has 0 spiro atoms. The van der Waals surface area contributed by atoms with Gasteiger partial charge in [-0.15, -0.1) is 0 Å². The number of rotatable bonds is 10. The van der Waals surface area contributed by atoms with Crippen molar-refractivity contribution in [3.63, 3.8) is 0 Å². The average molecular weight is 405 g/mol. The van der Waals surface area contributed by atoms with Crippen molar-refractivity contribution >= 4 is 14.8 Å². The fraction of sp³-hybridized carbons (Fsp3) is 0.609. The minimum Gasteiger partial charge on any atom is -0.387 e. The average Bonchev–Trinajstić information content (AvgIpc) is 2.89. The van der Waals surface area contributed by atoms with Gasteiger partial charge in [-0.25, -0.2) is 0 Å². The van der Waals surface area contributed by atoms with Gasteiger partial charge in [0.05, 0.1) is 18.8 Å². The van der Waals surface area contributed by atoms with Crippen LogP contribution in [0.25, 0.3) is 0 Å². The van der Waals surface area contributed by atoms with Crippen LogP contribution in [0.2, 0.25) is 11.1 Å². The second-order valence-electron chi connectivity index (χ2n) is 8.19. The summed E-state index contributed by atoms with van der Waals surface area (Å²) >= 11 is 0. The minimum atomic E-state index is -2.55. The summed E-state index contributed by atoms with van der Waals surface area (Å²) in [5.41, 5.74) is 1.60. The fourth-order valence-corrected chi connectivity index (χ4v) is 7.50. The Labute approximate surface area is 171 Å². The monoisotopic (exact) mass is 404 g/mol. The molecule has 1 aromatic carbocycles. The Bertz CT molecular complexity index is 606. The van der Waals surface area contributed by atoms with Gasteiger partial charge >= 0.3 is 8.56 Å². The van der Waals surface area contributed by atoms with E-state index in [1.54, 1.807) is 0 Å². The van der Waals surface area contributed by atoms with E-state index in [0.29, 0.717) is 6.61 Å². The van der Waals surface area contributed by atoms with E-state index in [9.17, 15) is 4.79 Å². The van der Waals surface area contributed by atoms with E-state index in [0.717, 1.165) is 31.1 Å². The highest BCUT2D eigenvalue weighted by Gasteiger charge is 2.49. The first-order chi connectivity index (χ1) is 13.4. The van der Waals surface area contributed by atoms with Gasteiger partial charge in [0.2, 0.25) is 0 Å². The molecule has 156 valence electrons. The van der Waals surface area contributed by atoms with E-state index in [4.69, 9.17) is 13.6 Å². The van der Waals surface area contributed by atoms with Crippen LogP contribution in [0, 0.1) is 0 Å². The zero-order chi connectivity index (χ0) is 20.6. The molecule has 1 heterocycles. The zero-order valence-electron chi connectivity index (χ0n) is 18.0. The maximum absolute atomic E-state index is 11.9. The maximum atomic E-state index is 11.9. The standard InChI is InChI=1S/C23H36O4Si/c1-6-7-13-21-14-15-22(27-28(26-21,18(2)3)19(4)5)23(16-24)25-17-20-11-9-8-10-12-20/h8-12,14-16,18-19,21-23H,6-7,13,17H2,1-5H3/t21-,22-,23-/m0/s1.